The third-order valence-corrected chi connectivity index (χ3v) is 4.87. The maximum Gasteiger partial charge on any atom is 0.213 e. The van der Waals surface area contributed by atoms with Gasteiger partial charge in [-0.15, -0.1) is 24.0 Å². The van der Waals surface area contributed by atoms with Crippen molar-refractivity contribution < 1.29 is 13.2 Å². The van der Waals surface area contributed by atoms with Gasteiger partial charge in [0.25, 0.3) is 0 Å². The molecule has 0 aromatic carbocycles. The second-order valence-electron chi connectivity index (χ2n) is 5.21. The first-order valence-corrected chi connectivity index (χ1v) is 8.80. The number of sulfonamides is 1. The molecule has 0 spiro atoms. The monoisotopic (exact) mass is 432 g/mol. The lowest BCUT2D eigenvalue weighted by molar-refractivity contribution is 0.0200. The molecule has 0 amide bonds. The van der Waals surface area contributed by atoms with Gasteiger partial charge < -0.3 is 15.0 Å². The van der Waals surface area contributed by atoms with Crippen molar-refractivity contribution >= 4 is 40.0 Å². The molecule has 2 aliphatic rings. The first kappa shape index (κ1) is 18.9. The van der Waals surface area contributed by atoms with Crippen molar-refractivity contribution in [1.29, 1.82) is 0 Å². The molecule has 2 rings (SSSR count). The zero-order valence-electron chi connectivity index (χ0n) is 12.4. The number of rotatable bonds is 6. The topological polar surface area (TPSA) is 83.0 Å². The average Bonchev–Trinajstić information content (AvgIpc) is 2.83. The van der Waals surface area contributed by atoms with Crippen LogP contribution in [0.15, 0.2) is 4.99 Å². The van der Waals surface area contributed by atoms with Gasteiger partial charge in [-0.1, -0.05) is 0 Å². The van der Waals surface area contributed by atoms with Gasteiger partial charge in [-0.3, -0.25) is 4.99 Å². The minimum Gasteiger partial charge on any atom is -0.377 e. The van der Waals surface area contributed by atoms with Gasteiger partial charge in [0.05, 0.1) is 18.4 Å². The van der Waals surface area contributed by atoms with E-state index in [4.69, 9.17) is 4.74 Å². The lowest BCUT2D eigenvalue weighted by Crippen LogP contribution is -2.41. The van der Waals surface area contributed by atoms with Crippen LogP contribution in [0.2, 0.25) is 0 Å². The van der Waals surface area contributed by atoms with E-state index in [2.05, 4.69) is 15.0 Å². The van der Waals surface area contributed by atoms with Crippen LogP contribution >= 0.6 is 24.0 Å². The van der Waals surface area contributed by atoms with E-state index in [-0.39, 0.29) is 35.8 Å². The number of hydrogen-bond donors (Lipinski definition) is 2. The van der Waals surface area contributed by atoms with E-state index in [9.17, 15) is 8.42 Å². The summed E-state index contributed by atoms with van der Waals surface area (Å²) in [6.45, 7) is 3.13. The van der Waals surface area contributed by atoms with Crippen LogP contribution in [0, 0.1) is 0 Å². The zero-order valence-corrected chi connectivity index (χ0v) is 15.5. The highest BCUT2D eigenvalue weighted by atomic mass is 127. The number of halogens is 1. The van der Waals surface area contributed by atoms with Crippen molar-refractivity contribution in [3.8, 4) is 0 Å². The van der Waals surface area contributed by atoms with Gasteiger partial charge in [0.1, 0.15) is 0 Å². The van der Waals surface area contributed by atoms with E-state index in [1.165, 1.54) is 0 Å². The third-order valence-electron chi connectivity index (χ3n) is 3.52. The number of nitrogens with zero attached hydrogens (tertiary/aromatic N) is 2. The molecule has 0 radical (unpaired) electrons. The minimum atomic E-state index is -3.26. The maximum atomic E-state index is 11.9. The molecule has 0 saturated carbocycles. The Morgan fingerprint density at radius 3 is 2.86 bits per heavy atom. The first-order valence-electron chi connectivity index (χ1n) is 7.15. The number of ether oxygens (including phenoxy) is 1. The van der Waals surface area contributed by atoms with E-state index < -0.39 is 10.0 Å². The first-order chi connectivity index (χ1) is 9.57. The summed E-state index contributed by atoms with van der Waals surface area (Å²) in [5.41, 5.74) is 0. The molecule has 7 nitrogen and oxygen atoms in total. The lowest BCUT2D eigenvalue weighted by atomic mass is 10.1. The van der Waals surface area contributed by atoms with Gasteiger partial charge in [0.15, 0.2) is 5.96 Å². The SMILES string of the molecule is CN1CCN=C1NCCS(=O)(=O)NCC1CCCCO1.I. The van der Waals surface area contributed by atoms with Gasteiger partial charge in [-0.2, -0.15) is 0 Å². The molecule has 1 fully saturated rings. The molecule has 1 unspecified atom stereocenters. The molecule has 2 aliphatic heterocycles. The summed E-state index contributed by atoms with van der Waals surface area (Å²) in [6, 6.07) is 0. The Bertz CT molecular complexity index is 438. The van der Waals surface area contributed by atoms with Crippen LogP contribution in [-0.2, 0) is 14.8 Å². The minimum absolute atomic E-state index is 0. The van der Waals surface area contributed by atoms with Crippen LogP contribution in [0.1, 0.15) is 19.3 Å². The second kappa shape index (κ2) is 9.11. The van der Waals surface area contributed by atoms with E-state index in [0.29, 0.717) is 13.1 Å². The standard InChI is InChI=1S/C12H24N4O3S.HI/c1-16-7-5-13-12(16)14-6-9-20(17,18)15-10-11-4-2-3-8-19-11;/h11,15H,2-10H2,1H3,(H,13,14);1H. The summed E-state index contributed by atoms with van der Waals surface area (Å²) >= 11 is 0. The Kier molecular flexibility index (Phi) is 8.21. The van der Waals surface area contributed by atoms with Crippen LogP contribution < -0.4 is 10.0 Å². The number of nitrogens with one attached hydrogen (secondary N) is 2. The maximum absolute atomic E-state index is 11.9. The Labute approximate surface area is 144 Å². The molecular weight excluding hydrogens is 407 g/mol. The normalized spacial score (nSPS) is 22.6. The van der Waals surface area contributed by atoms with Crippen LogP contribution in [0.5, 0.6) is 0 Å². The summed E-state index contributed by atoms with van der Waals surface area (Å²) in [5, 5.41) is 3.05. The number of hydrogen-bond acceptors (Lipinski definition) is 6. The third kappa shape index (κ3) is 6.66. The highest BCUT2D eigenvalue weighted by Gasteiger charge is 2.18. The molecule has 0 aliphatic carbocycles. The fraction of sp³-hybridized carbons (Fsp3) is 0.917. The molecule has 0 bridgehead atoms. The van der Waals surface area contributed by atoms with Crippen molar-refractivity contribution in [3.05, 3.63) is 0 Å². The summed E-state index contributed by atoms with van der Waals surface area (Å²) < 4.78 is 31.9. The predicted molar refractivity (Wildman–Crippen MR) is 93.7 cm³/mol. The Balaban J connectivity index is 0.00000220. The Hall–Kier alpha value is -0.130. The second-order valence-corrected chi connectivity index (χ2v) is 7.14. The fourth-order valence-electron chi connectivity index (χ4n) is 2.28. The van der Waals surface area contributed by atoms with Crippen LogP contribution in [0.25, 0.3) is 0 Å². The lowest BCUT2D eigenvalue weighted by Gasteiger charge is -2.22. The van der Waals surface area contributed by atoms with E-state index >= 15 is 0 Å². The molecule has 0 aromatic rings. The van der Waals surface area contributed by atoms with Gasteiger partial charge >= 0.3 is 0 Å². The Morgan fingerprint density at radius 2 is 2.24 bits per heavy atom. The molecule has 124 valence electrons. The smallest absolute Gasteiger partial charge is 0.213 e. The summed E-state index contributed by atoms with van der Waals surface area (Å²) in [5.74, 6) is 0.822. The van der Waals surface area contributed by atoms with Gasteiger partial charge in [0.2, 0.25) is 10.0 Å². The molecule has 21 heavy (non-hydrogen) atoms. The predicted octanol–water partition coefficient (Wildman–Crippen LogP) is -0.0161. The van der Waals surface area contributed by atoms with Crippen molar-refractivity contribution in [1.82, 2.24) is 14.9 Å². The van der Waals surface area contributed by atoms with Gasteiger partial charge in [-0.05, 0) is 19.3 Å². The summed E-state index contributed by atoms with van der Waals surface area (Å²) in [6.07, 6.45) is 3.14. The molecule has 1 saturated heterocycles. The van der Waals surface area contributed by atoms with Crippen LogP contribution in [-0.4, -0.2) is 71.0 Å². The van der Waals surface area contributed by atoms with Crippen LogP contribution in [0.3, 0.4) is 0 Å². The molecule has 2 heterocycles. The van der Waals surface area contributed by atoms with Gasteiger partial charge in [0, 0.05) is 33.3 Å². The van der Waals surface area contributed by atoms with Crippen molar-refractivity contribution in [2.75, 3.05) is 45.6 Å². The highest BCUT2D eigenvalue weighted by molar-refractivity contribution is 14.0. The van der Waals surface area contributed by atoms with Crippen molar-refractivity contribution in [2.24, 2.45) is 4.99 Å². The van der Waals surface area contributed by atoms with Gasteiger partial charge in [-0.25, -0.2) is 13.1 Å². The van der Waals surface area contributed by atoms with E-state index in [1.807, 2.05) is 11.9 Å². The van der Waals surface area contributed by atoms with Crippen LogP contribution in [0.4, 0.5) is 0 Å². The van der Waals surface area contributed by atoms with Crippen molar-refractivity contribution in [3.63, 3.8) is 0 Å². The Morgan fingerprint density at radius 1 is 1.43 bits per heavy atom. The largest absolute Gasteiger partial charge is 0.377 e. The average molecular weight is 432 g/mol. The highest BCUT2D eigenvalue weighted by Crippen LogP contribution is 2.11. The van der Waals surface area contributed by atoms with E-state index in [1.54, 1.807) is 0 Å². The number of likely N-dealkylation sites (N-methyl/N-ethyl adjacent to an activating group) is 1. The molecule has 2 N–H and O–H groups in total. The molecule has 9 heteroatoms. The number of aliphatic imine (C=N–C) groups is 1. The molecular formula is C12H25IN4O3S. The summed E-state index contributed by atoms with van der Waals surface area (Å²) in [7, 11) is -1.32. The van der Waals surface area contributed by atoms with E-state index in [0.717, 1.165) is 44.9 Å². The number of guanidine groups is 1. The molecule has 1 atom stereocenters. The molecule has 0 aromatic heterocycles. The fourth-order valence-corrected chi connectivity index (χ4v) is 3.24. The summed E-state index contributed by atoms with van der Waals surface area (Å²) in [4.78, 5) is 6.23. The zero-order chi connectivity index (χ0) is 14.4. The van der Waals surface area contributed by atoms with Crippen molar-refractivity contribution in [2.45, 2.75) is 25.4 Å². The quantitative estimate of drug-likeness (QED) is 0.577.